The van der Waals surface area contributed by atoms with Gasteiger partial charge in [0.15, 0.2) is 0 Å². The Hall–Kier alpha value is -1.58. The second kappa shape index (κ2) is 9.94. The molecule has 1 amide bonds. The van der Waals surface area contributed by atoms with Gasteiger partial charge < -0.3 is 4.90 Å². The predicted molar refractivity (Wildman–Crippen MR) is 109 cm³/mol. The minimum atomic E-state index is 0.106. The zero-order valence-electron chi connectivity index (χ0n) is 15.4. The molecule has 2 aliphatic rings. The number of carbonyl (C=O) groups excluding carboxylic acids is 1. The van der Waals surface area contributed by atoms with E-state index in [4.69, 9.17) is 11.6 Å². The maximum absolute atomic E-state index is 12.4. The molecule has 1 saturated carbocycles. The van der Waals surface area contributed by atoms with Crippen molar-refractivity contribution in [1.82, 2.24) is 9.80 Å². The molecule has 2 fully saturated rings. The summed E-state index contributed by atoms with van der Waals surface area (Å²) in [6, 6.07) is 8.43. The quantitative estimate of drug-likeness (QED) is 0.431. The second-order valence-electron chi connectivity index (χ2n) is 7.25. The fourth-order valence-corrected chi connectivity index (χ4v) is 4.14. The summed E-state index contributed by atoms with van der Waals surface area (Å²) in [7, 11) is 0. The second-order valence-corrected chi connectivity index (χ2v) is 7.65. The van der Waals surface area contributed by atoms with Crippen molar-refractivity contribution in [3.8, 4) is 0 Å². The third kappa shape index (κ3) is 5.46. The third-order valence-corrected chi connectivity index (χ3v) is 5.84. The molecule has 0 aromatic heterocycles. The van der Waals surface area contributed by atoms with Crippen LogP contribution in [0.25, 0.3) is 6.08 Å². The first-order valence-electron chi connectivity index (χ1n) is 9.86. The van der Waals surface area contributed by atoms with Crippen molar-refractivity contribution < 1.29 is 4.79 Å². The predicted octanol–water partition coefficient (Wildman–Crippen LogP) is 4.78. The van der Waals surface area contributed by atoms with E-state index in [9.17, 15) is 4.79 Å². The number of benzene rings is 1. The number of nitrogens with zero attached hydrogens (tertiary/aromatic N) is 2. The lowest BCUT2D eigenvalue weighted by Gasteiger charge is -2.38. The van der Waals surface area contributed by atoms with Crippen LogP contribution in [0.4, 0.5) is 0 Å². The Morgan fingerprint density at radius 3 is 2.35 bits per heavy atom. The number of amides is 1. The van der Waals surface area contributed by atoms with Crippen LogP contribution >= 0.6 is 11.6 Å². The summed E-state index contributed by atoms with van der Waals surface area (Å²) in [4.78, 5) is 16.9. The number of piperazine rings is 1. The van der Waals surface area contributed by atoms with Crippen LogP contribution in [0.5, 0.6) is 0 Å². The highest BCUT2D eigenvalue weighted by Gasteiger charge is 2.25. The first-order valence-corrected chi connectivity index (χ1v) is 10.2. The fraction of sp³-hybridized carbons (Fsp3) is 0.500. The highest BCUT2D eigenvalue weighted by atomic mass is 35.5. The van der Waals surface area contributed by atoms with Gasteiger partial charge >= 0.3 is 0 Å². The van der Waals surface area contributed by atoms with Crippen molar-refractivity contribution in [2.75, 3.05) is 26.2 Å². The highest BCUT2D eigenvalue weighted by molar-refractivity contribution is 6.32. The minimum absolute atomic E-state index is 0.106. The summed E-state index contributed by atoms with van der Waals surface area (Å²) < 4.78 is 0. The van der Waals surface area contributed by atoms with E-state index in [-0.39, 0.29) is 5.91 Å². The number of allylic oxidation sites excluding steroid dienone is 2. The monoisotopic (exact) mass is 372 g/mol. The van der Waals surface area contributed by atoms with Gasteiger partial charge in [0.05, 0.1) is 0 Å². The standard InChI is InChI=1S/C22H29ClN2O/c23-21-13-7-5-9-19(21)10-6-8-14-22(26)25-17-15-24(16-18-25)20-11-3-1-2-4-12-20/h5-10,13-14,20H,1-4,11-12,15-18H2. The molecule has 3 nitrogen and oxygen atoms in total. The average molecular weight is 373 g/mol. The molecular formula is C22H29ClN2O. The van der Waals surface area contributed by atoms with E-state index in [2.05, 4.69) is 4.90 Å². The van der Waals surface area contributed by atoms with Gasteiger partial charge in [-0.1, -0.05) is 73.7 Å². The van der Waals surface area contributed by atoms with Gasteiger partial charge in [-0.3, -0.25) is 9.69 Å². The van der Waals surface area contributed by atoms with Crippen molar-refractivity contribution in [2.45, 2.75) is 44.6 Å². The van der Waals surface area contributed by atoms with Gasteiger partial charge in [-0.2, -0.15) is 0 Å². The van der Waals surface area contributed by atoms with Gasteiger partial charge in [0.25, 0.3) is 0 Å². The van der Waals surface area contributed by atoms with Crippen LogP contribution in [0, 0.1) is 0 Å². The van der Waals surface area contributed by atoms with E-state index in [1.54, 1.807) is 6.08 Å². The van der Waals surface area contributed by atoms with Gasteiger partial charge in [0.1, 0.15) is 0 Å². The normalized spacial score (nSPS) is 20.7. The van der Waals surface area contributed by atoms with Crippen LogP contribution in [0.1, 0.15) is 44.1 Å². The zero-order valence-corrected chi connectivity index (χ0v) is 16.2. The Bertz CT molecular complexity index is 639. The SMILES string of the molecule is O=C(C=CC=Cc1ccccc1Cl)N1CCN(C2CCCCCC2)CC1. The van der Waals surface area contributed by atoms with Gasteiger partial charge in [0.2, 0.25) is 5.91 Å². The molecule has 0 atom stereocenters. The summed E-state index contributed by atoms with van der Waals surface area (Å²) in [6.45, 7) is 3.71. The molecule has 1 heterocycles. The van der Waals surface area contributed by atoms with Crippen LogP contribution < -0.4 is 0 Å². The molecule has 1 aromatic rings. The lowest BCUT2D eigenvalue weighted by Crippen LogP contribution is -2.51. The molecule has 0 radical (unpaired) electrons. The maximum Gasteiger partial charge on any atom is 0.246 e. The van der Waals surface area contributed by atoms with Crippen molar-refractivity contribution in [1.29, 1.82) is 0 Å². The zero-order chi connectivity index (χ0) is 18.2. The summed E-state index contributed by atoms with van der Waals surface area (Å²) in [6.07, 6.45) is 15.5. The van der Waals surface area contributed by atoms with Gasteiger partial charge in [0, 0.05) is 43.3 Å². The fourth-order valence-electron chi connectivity index (χ4n) is 3.94. The third-order valence-electron chi connectivity index (χ3n) is 5.50. The molecule has 1 saturated heterocycles. The highest BCUT2D eigenvalue weighted by Crippen LogP contribution is 2.23. The van der Waals surface area contributed by atoms with Crippen molar-refractivity contribution in [3.05, 3.63) is 53.1 Å². The Morgan fingerprint density at radius 1 is 0.962 bits per heavy atom. The molecular weight excluding hydrogens is 344 g/mol. The smallest absolute Gasteiger partial charge is 0.246 e. The number of halogens is 1. The minimum Gasteiger partial charge on any atom is -0.337 e. The first-order chi connectivity index (χ1) is 12.7. The molecule has 0 bridgehead atoms. The average Bonchev–Trinajstić information content (AvgIpc) is 2.96. The molecule has 140 valence electrons. The molecule has 0 N–H and O–H groups in total. The van der Waals surface area contributed by atoms with Crippen LogP contribution in [0.15, 0.2) is 42.5 Å². The molecule has 1 aliphatic heterocycles. The van der Waals surface area contributed by atoms with E-state index < -0.39 is 0 Å². The van der Waals surface area contributed by atoms with E-state index in [1.807, 2.05) is 47.4 Å². The summed E-state index contributed by atoms with van der Waals surface area (Å²) in [5.74, 6) is 0.106. The van der Waals surface area contributed by atoms with Crippen molar-refractivity contribution in [3.63, 3.8) is 0 Å². The van der Waals surface area contributed by atoms with E-state index in [1.165, 1.54) is 38.5 Å². The number of hydrogen-bond acceptors (Lipinski definition) is 2. The lowest BCUT2D eigenvalue weighted by atomic mass is 10.1. The van der Waals surface area contributed by atoms with Crippen LogP contribution in [0.3, 0.4) is 0 Å². The Balaban J connectivity index is 1.45. The first kappa shape index (κ1) is 19.2. The Morgan fingerprint density at radius 2 is 1.65 bits per heavy atom. The number of rotatable bonds is 4. The van der Waals surface area contributed by atoms with Crippen molar-refractivity contribution in [2.24, 2.45) is 0 Å². The topological polar surface area (TPSA) is 23.6 Å². The molecule has 1 aliphatic carbocycles. The largest absolute Gasteiger partial charge is 0.337 e. The summed E-state index contributed by atoms with van der Waals surface area (Å²) >= 11 is 6.12. The van der Waals surface area contributed by atoms with Crippen LogP contribution in [0.2, 0.25) is 5.02 Å². The Kier molecular flexibility index (Phi) is 7.33. The maximum atomic E-state index is 12.4. The van der Waals surface area contributed by atoms with Crippen LogP contribution in [-0.2, 0) is 4.79 Å². The molecule has 26 heavy (non-hydrogen) atoms. The molecule has 0 spiro atoms. The van der Waals surface area contributed by atoms with E-state index in [0.717, 1.165) is 42.8 Å². The van der Waals surface area contributed by atoms with Crippen LogP contribution in [-0.4, -0.2) is 47.9 Å². The summed E-state index contributed by atoms with van der Waals surface area (Å²) in [5, 5.41) is 0.720. The van der Waals surface area contributed by atoms with Crippen molar-refractivity contribution >= 4 is 23.6 Å². The molecule has 3 rings (SSSR count). The lowest BCUT2D eigenvalue weighted by molar-refractivity contribution is -0.128. The van der Waals surface area contributed by atoms with Gasteiger partial charge in [-0.15, -0.1) is 0 Å². The number of carbonyl (C=O) groups is 1. The van der Waals surface area contributed by atoms with E-state index >= 15 is 0 Å². The van der Waals surface area contributed by atoms with Gasteiger partial charge in [-0.05, 0) is 24.5 Å². The Labute approximate surface area is 162 Å². The summed E-state index contributed by atoms with van der Waals surface area (Å²) in [5.41, 5.74) is 0.961. The molecule has 1 aromatic carbocycles. The molecule has 0 unspecified atom stereocenters. The van der Waals surface area contributed by atoms with E-state index in [0.29, 0.717) is 0 Å². The number of hydrogen-bond donors (Lipinski definition) is 0. The molecule has 4 heteroatoms. The van der Waals surface area contributed by atoms with Gasteiger partial charge in [-0.25, -0.2) is 0 Å².